The van der Waals surface area contributed by atoms with Crippen molar-refractivity contribution in [2.75, 3.05) is 6.54 Å². The highest BCUT2D eigenvalue weighted by Crippen LogP contribution is 1.94. The fraction of sp³-hybridized carbons (Fsp3) is 0.200. The van der Waals surface area contributed by atoms with Crippen molar-refractivity contribution in [3.05, 3.63) is 59.7 Å². The van der Waals surface area contributed by atoms with Crippen LogP contribution in [0.4, 0.5) is 0 Å². The van der Waals surface area contributed by atoms with Gasteiger partial charge in [0.1, 0.15) is 0 Å². The zero-order chi connectivity index (χ0) is 14.9. The molecular weight excluding hydrogens is 282 g/mol. The number of hydrogen-bond acceptors (Lipinski definition) is 4. The Morgan fingerprint density at radius 1 is 1.29 bits per heavy atom. The van der Waals surface area contributed by atoms with Crippen LogP contribution in [0.3, 0.4) is 0 Å². The Balaban J connectivity index is 1.70. The Hall–Kier alpha value is -2.34. The van der Waals surface area contributed by atoms with Crippen molar-refractivity contribution in [2.24, 2.45) is 5.10 Å². The molecular formula is C15H17N5S. The lowest BCUT2D eigenvalue weighted by Gasteiger charge is -2.06. The van der Waals surface area contributed by atoms with Crippen molar-refractivity contribution in [1.82, 2.24) is 20.7 Å². The molecule has 0 radical (unpaired) electrons. The van der Waals surface area contributed by atoms with E-state index in [-0.39, 0.29) is 0 Å². The number of nitrogens with one attached hydrogen (secondary N) is 2. The normalized spacial score (nSPS) is 10.5. The van der Waals surface area contributed by atoms with Crippen molar-refractivity contribution in [3.8, 4) is 0 Å². The van der Waals surface area contributed by atoms with E-state index in [1.54, 1.807) is 12.4 Å². The molecule has 0 aliphatic heterocycles. The van der Waals surface area contributed by atoms with Crippen LogP contribution in [0.5, 0.6) is 0 Å². The smallest absolute Gasteiger partial charge is 0.186 e. The lowest BCUT2D eigenvalue weighted by atomic mass is 10.3. The van der Waals surface area contributed by atoms with E-state index in [4.69, 9.17) is 12.2 Å². The van der Waals surface area contributed by atoms with Gasteiger partial charge in [0.25, 0.3) is 0 Å². The van der Waals surface area contributed by atoms with Crippen LogP contribution in [-0.2, 0) is 6.42 Å². The largest absolute Gasteiger partial charge is 0.361 e. The van der Waals surface area contributed by atoms with E-state index in [1.807, 2.05) is 43.3 Å². The molecule has 0 amide bonds. The predicted octanol–water partition coefficient (Wildman–Crippen LogP) is 1.83. The van der Waals surface area contributed by atoms with Crippen molar-refractivity contribution in [3.63, 3.8) is 0 Å². The number of aromatic nitrogens is 2. The average molecular weight is 299 g/mol. The van der Waals surface area contributed by atoms with Crippen molar-refractivity contribution in [1.29, 1.82) is 0 Å². The fourth-order valence-electron chi connectivity index (χ4n) is 1.68. The molecule has 0 bridgehead atoms. The minimum Gasteiger partial charge on any atom is -0.361 e. The third-order valence-electron chi connectivity index (χ3n) is 2.67. The first kappa shape index (κ1) is 15.1. The molecule has 21 heavy (non-hydrogen) atoms. The van der Waals surface area contributed by atoms with Gasteiger partial charge in [-0.1, -0.05) is 12.1 Å². The summed E-state index contributed by atoms with van der Waals surface area (Å²) in [6.07, 6.45) is 4.23. The SMILES string of the molecule is Cc1cccc(C=NNC(=S)NCCc2ccccn2)n1. The fourth-order valence-corrected chi connectivity index (χ4v) is 1.84. The summed E-state index contributed by atoms with van der Waals surface area (Å²) in [7, 11) is 0. The van der Waals surface area contributed by atoms with Crippen molar-refractivity contribution >= 4 is 23.5 Å². The molecule has 2 N–H and O–H groups in total. The molecule has 2 rings (SSSR count). The first-order valence-corrected chi connectivity index (χ1v) is 7.05. The Morgan fingerprint density at radius 2 is 2.19 bits per heavy atom. The van der Waals surface area contributed by atoms with Gasteiger partial charge in [-0.25, -0.2) is 0 Å². The second-order valence-electron chi connectivity index (χ2n) is 4.40. The van der Waals surface area contributed by atoms with Gasteiger partial charge >= 0.3 is 0 Å². The highest BCUT2D eigenvalue weighted by atomic mass is 32.1. The lowest BCUT2D eigenvalue weighted by Crippen LogP contribution is -2.33. The summed E-state index contributed by atoms with van der Waals surface area (Å²) in [6, 6.07) is 11.6. The van der Waals surface area contributed by atoms with Gasteiger partial charge in [0.2, 0.25) is 0 Å². The quantitative estimate of drug-likeness (QED) is 0.501. The summed E-state index contributed by atoms with van der Waals surface area (Å²) in [5.74, 6) is 0. The summed E-state index contributed by atoms with van der Waals surface area (Å²) < 4.78 is 0. The van der Waals surface area contributed by atoms with Gasteiger partial charge in [-0.15, -0.1) is 0 Å². The highest BCUT2D eigenvalue weighted by Gasteiger charge is 1.95. The minimum absolute atomic E-state index is 0.481. The van der Waals surface area contributed by atoms with Crippen LogP contribution in [0.15, 0.2) is 47.7 Å². The topological polar surface area (TPSA) is 62.2 Å². The molecule has 0 aliphatic carbocycles. The number of aryl methyl sites for hydroxylation is 1. The van der Waals surface area contributed by atoms with Crippen molar-refractivity contribution < 1.29 is 0 Å². The van der Waals surface area contributed by atoms with Crippen molar-refractivity contribution in [2.45, 2.75) is 13.3 Å². The molecule has 5 nitrogen and oxygen atoms in total. The van der Waals surface area contributed by atoms with Crippen LogP contribution in [0.1, 0.15) is 17.1 Å². The number of hydrogen-bond donors (Lipinski definition) is 2. The van der Waals surface area contributed by atoms with Crippen LogP contribution < -0.4 is 10.7 Å². The van der Waals surface area contributed by atoms with Gasteiger partial charge in [0, 0.05) is 30.6 Å². The number of nitrogens with zero attached hydrogens (tertiary/aromatic N) is 3. The number of pyridine rings is 2. The third-order valence-corrected chi connectivity index (χ3v) is 2.90. The third kappa shape index (κ3) is 5.66. The van der Waals surface area contributed by atoms with E-state index in [9.17, 15) is 0 Å². The summed E-state index contributed by atoms with van der Waals surface area (Å²) in [5, 5.41) is 7.61. The Morgan fingerprint density at radius 3 is 2.95 bits per heavy atom. The van der Waals surface area contributed by atoms with Gasteiger partial charge < -0.3 is 5.32 Å². The van der Waals surface area contributed by atoms with Crippen LogP contribution >= 0.6 is 12.2 Å². The molecule has 0 aliphatic rings. The molecule has 0 saturated carbocycles. The van der Waals surface area contributed by atoms with Gasteiger partial charge in [-0.2, -0.15) is 5.10 Å². The lowest BCUT2D eigenvalue weighted by molar-refractivity contribution is 0.819. The van der Waals surface area contributed by atoms with Crippen LogP contribution in [0, 0.1) is 6.92 Å². The number of hydrazone groups is 1. The van der Waals surface area contributed by atoms with E-state index in [0.29, 0.717) is 11.7 Å². The molecule has 2 aromatic rings. The van der Waals surface area contributed by atoms with E-state index in [0.717, 1.165) is 23.5 Å². The number of rotatable bonds is 5. The van der Waals surface area contributed by atoms with E-state index < -0.39 is 0 Å². The Labute approximate surface area is 129 Å². The van der Waals surface area contributed by atoms with E-state index >= 15 is 0 Å². The summed E-state index contributed by atoms with van der Waals surface area (Å²) in [4.78, 5) is 8.55. The molecule has 6 heteroatoms. The zero-order valence-corrected chi connectivity index (χ0v) is 12.6. The molecule has 2 aromatic heterocycles. The predicted molar refractivity (Wildman–Crippen MR) is 88.2 cm³/mol. The maximum Gasteiger partial charge on any atom is 0.186 e. The van der Waals surface area contributed by atoms with Crippen LogP contribution in [0.2, 0.25) is 0 Å². The first-order valence-electron chi connectivity index (χ1n) is 6.64. The standard InChI is InChI=1S/C15H17N5S/c1-12-5-4-7-14(19-12)11-18-20-15(21)17-10-8-13-6-2-3-9-16-13/h2-7,9,11H,8,10H2,1H3,(H2,17,20,21). The van der Waals surface area contributed by atoms with Gasteiger partial charge in [0.15, 0.2) is 5.11 Å². The highest BCUT2D eigenvalue weighted by molar-refractivity contribution is 7.80. The summed E-state index contributed by atoms with van der Waals surface area (Å²) in [6.45, 7) is 2.65. The van der Waals surface area contributed by atoms with Gasteiger partial charge in [0.05, 0.1) is 11.9 Å². The first-order chi connectivity index (χ1) is 10.2. The molecule has 108 valence electrons. The zero-order valence-electron chi connectivity index (χ0n) is 11.8. The Bertz CT molecular complexity index is 612. The van der Waals surface area contributed by atoms with Crippen LogP contribution in [0.25, 0.3) is 0 Å². The molecule has 0 saturated heterocycles. The molecule has 0 aromatic carbocycles. The summed E-state index contributed by atoms with van der Waals surface area (Å²) >= 11 is 5.13. The number of thiocarbonyl (C=S) groups is 1. The van der Waals surface area contributed by atoms with Gasteiger partial charge in [-0.05, 0) is 43.4 Å². The second kappa shape index (κ2) is 8.06. The molecule has 2 heterocycles. The second-order valence-corrected chi connectivity index (χ2v) is 4.81. The average Bonchev–Trinajstić information content (AvgIpc) is 2.48. The van der Waals surface area contributed by atoms with Gasteiger partial charge in [-0.3, -0.25) is 15.4 Å². The molecule has 0 fully saturated rings. The monoisotopic (exact) mass is 299 g/mol. The maximum absolute atomic E-state index is 5.13. The van der Waals surface area contributed by atoms with Crippen LogP contribution in [-0.4, -0.2) is 27.8 Å². The molecule has 0 unspecified atom stereocenters. The maximum atomic E-state index is 5.13. The Kier molecular flexibility index (Phi) is 5.78. The van der Waals surface area contributed by atoms with E-state index in [1.165, 1.54) is 0 Å². The molecule has 0 spiro atoms. The van der Waals surface area contributed by atoms with E-state index in [2.05, 4.69) is 25.8 Å². The summed E-state index contributed by atoms with van der Waals surface area (Å²) in [5.41, 5.74) is 5.54. The minimum atomic E-state index is 0.481. The molecule has 0 atom stereocenters.